The summed E-state index contributed by atoms with van der Waals surface area (Å²) in [6.45, 7) is 0. The highest BCUT2D eigenvalue weighted by molar-refractivity contribution is 7.08. The second kappa shape index (κ2) is 4.10. The molecule has 0 aliphatic carbocycles. The van der Waals surface area contributed by atoms with Crippen LogP contribution in [0.4, 0.5) is 5.69 Å². The molecule has 80 valence electrons. The van der Waals surface area contributed by atoms with Crippen molar-refractivity contribution in [2.75, 3.05) is 5.01 Å². The zero-order valence-electron chi connectivity index (χ0n) is 8.78. The summed E-state index contributed by atoms with van der Waals surface area (Å²) >= 11 is 1.71. The van der Waals surface area contributed by atoms with E-state index in [9.17, 15) is 0 Å². The van der Waals surface area contributed by atoms with E-state index in [-0.39, 0.29) is 0 Å². The molecule has 1 atom stereocenters. The molecule has 0 amide bonds. The van der Waals surface area contributed by atoms with E-state index in [2.05, 4.69) is 51.2 Å². The molecule has 0 N–H and O–H groups in total. The van der Waals surface area contributed by atoms with Crippen LogP contribution >= 0.6 is 11.3 Å². The van der Waals surface area contributed by atoms with Crippen LogP contribution in [0.3, 0.4) is 0 Å². The average Bonchev–Trinajstić information content (AvgIpc) is 3.01. The van der Waals surface area contributed by atoms with Gasteiger partial charge in [-0.2, -0.15) is 16.4 Å². The fraction of sp³-hybridized carbons (Fsp3) is 0.154. The molecule has 1 unspecified atom stereocenters. The van der Waals surface area contributed by atoms with Gasteiger partial charge in [0.2, 0.25) is 0 Å². The Morgan fingerprint density at radius 2 is 2.06 bits per heavy atom. The minimum Gasteiger partial charge on any atom is -0.257 e. The highest BCUT2D eigenvalue weighted by Crippen LogP contribution is 2.33. The Balaban J connectivity index is 1.92. The molecule has 2 nitrogen and oxygen atoms in total. The molecule has 2 aromatic rings. The molecular weight excluding hydrogens is 216 g/mol. The molecule has 3 rings (SSSR count). The van der Waals surface area contributed by atoms with Gasteiger partial charge in [-0.15, -0.1) is 0 Å². The zero-order chi connectivity index (χ0) is 10.8. The Morgan fingerprint density at radius 3 is 2.81 bits per heavy atom. The minimum atomic E-state index is 0.357. The number of anilines is 1. The summed E-state index contributed by atoms with van der Waals surface area (Å²) in [5, 5.41) is 10.8. The van der Waals surface area contributed by atoms with Crippen LogP contribution in [-0.4, -0.2) is 6.21 Å². The smallest absolute Gasteiger partial charge is 0.0825 e. The first-order valence-electron chi connectivity index (χ1n) is 5.34. The molecule has 1 aromatic carbocycles. The van der Waals surface area contributed by atoms with Gasteiger partial charge in [0, 0.05) is 18.0 Å². The molecule has 0 saturated heterocycles. The fourth-order valence-corrected chi connectivity index (χ4v) is 2.62. The predicted molar refractivity (Wildman–Crippen MR) is 69.1 cm³/mol. The summed E-state index contributed by atoms with van der Waals surface area (Å²) in [5.74, 6) is 0. The first-order valence-corrected chi connectivity index (χ1v) is 6.28. The van der Waals surface area contributed by atoms with E-state index < -0.39 is 0 Å². The topological polar surface area (TPSA) is 15.6 Å². The third kappa shape index (κ3) is 1.63. The van der Waals surface area contributed by atoms with E-state index in [0.29, 0.717) is 6.04 Å². The fourth-order valence-electron chi connectivity index (χ4n) is 2.00. The monoisotopic (exact) mass is 228 g/mol. The van der Waals surface area contributed by atoms with Gasteiger partial charge in [-0.1, -0.05) is 30.3 Å². The molecule has 0 fully saturated rings. The quantitative estimate of drug-likeness (QED) is 0.765. The van der Waals surface area contributed by atoms with Gasteiger partial charge in [0.1, 0.15) is 0 Å². The third-order valence-corrected chi connectivity index (χ3v) is 3.46. The van der Waals surface area contributed by atoms with Crippen molar-refractivity contribution in [3.63, 3.8) is 0 Å². The Morgan fingerprint density at radius 1 is 1.19 bits per heavy atom. The maximum Gasteiger partial charge on any atom is 0.0825 e. The molecule has 16 heavy (non-hydrogen) atoms. The Bertz CT molecular complexity index is 476. The van der Waals surface area contributed by atoms with E-state index in [0.717, 1.165) is 6.42 Å². The van der Waals surface area contributed by atoms with Crippen molar-refractivity contribution < 1.29 is 0 Å². The van der Waals surface area contributed by atoms with Crippen LogP contribution in [0.1, 0.15) is 18.0 Å². The van der Waals surface area contributed by atoms with Crippen LogP contribution in [0.5, 0.6) is 0 Å². The van der Waals surface area contributed by atoms with Gasteiger partial charge in [0.15, 0.2) is 0 Å². The molecular formula is C13H12N2S. The van der Waals surface area contributed by atoms with Crippen LogP contribution in [0.2, 0.25) is 0 Å². The number of hydrogen-bond acceptors (Lipinski definition) is 3. The molecule has 0 bridgehead atoms. The summed E-state index contributed by atoms with van der Waals surface area (Å²) in [6.07, 6.45) is 2.98. The molecule has 1 aliphatic rings. The maximum absolute atomic E-state index is 4.45. The Labute approximate surface area is 98.8 Å². The van der Waals surface area contributed by atoms with Gasteiger partial charge in [0.25, 0.3) is 0 Å². The lowest BCUT2D eigenvalue weighted by molar-refractivity contribution is 0.711. The summed E-state index contributed by atoms with van der Waals surface area (Å²) < 4.78 is 0. The zero-order valence-corrected chi connectivity index (χ0v) is 9.60. The normalized spacial score (nSPS) is 19.2. The lowest BCUT2D eigenvalue weighted by atomic mass is 10.0. The van der Waals surface area contributed by atoms with Gasteiger partial charge in [-0.3, -0.25) is 5.01 Å². The second-order valence-electron chi connectivity index (χ2n) is 3.79. The van der Waals surface area contributed by atoms with Crippen molar-refractivity contribution in [2.45, 2.75) is 12.5 Å². The highest BCUT2D eigenvalue weighted by Gasteiger charge is 2.23. The summed E-state index contributed by atoms with van der Waals surface area (Å²) in [7, 11) is 0. The molecule has 0 radical (unpaired) electrons. The van der Waals surface area contributed by atoms with Gasteiger partial charge < -0.3 is 0 Å². The average molecular weight is 228 g/mol. The highest BCUT2D eigenvalue weighted by atomic mass is 32.1. The molecule has 1 aromatic heterocycles. The van der Waals surface area contributed by atoms with E-state index in [4.69, 9.17) is 0 Å². The van der Waals surface area contributed by atoms with E-state index >= 15 is 0 Å². The van der Waals surface area contributed by atoms with Crippen molar-refractivity contribution in [3.05, 3.63) is 52.7 Å². The molecule has 3 heteroatoms. The van der Waals surface area contributed by atoms with Crippen LogP contribution in [0.25, 0.3) is 0 Å². The second-order valence-corrected chi connectivity index (χ2v) is 4.57. The number of hydrogen-bond donors (Lipinski definition) is 0. The predicted octanol–water partition coefficient (Wildman–Crippen LogP) is 3.69. The minimum absolute atomic E-state index is 0.357. The van der Waals surface area contributed by atoms with Gasteiger partial charge in [-0.05, 0) is 17.0 Å². The molecule has 2 heterocycles. The lowest BCUT2D eigenvalue weighted by Crippen LogP contribution is -2.17. The van der Waals surface area contributed by atoms with Gasteiger partial charge in [0.05, 0.1) is 11.7 Å². The van der Waals surface area contributed by atoms with Crippen molar-refractivity contribution in [3.8, 4) is 0 Å². The summed E-state index contributed by atoms with van der Waals surface area (Å²) in [5.41, 5.74) is 2.51. The van der Waals surface area contributed by atoms with Crippen LogP contribution in [0.15, 0.2) is 52.3 Å². The van der Waals surface area contributed by atoms with Crippen LogP contribution in [-0.2, 0) is 0 Å². The Kier molecular flexibility index (Phi) is 2.46. The van der Waals surface area contributed by atoms with Crippen molar-refractivity contribution in [2.24, 2.45) is 5.10 Å². The molecule has 1 aliphatic heterocycles. The van der Waals surface area contributed by atoms with Crippen molar-refractivity contribution in [1.29, 1.82) is 0 Å². The van der Waals surface area contributed by atoms with Gasteiger partial charge >= 0.3 is 0 Å². The number of rotatable bonds is 2. The summed E-state index contributed by atoms with van der Waals surface area (Å²) in [4.78, 5) is 0. The Hall–Kier alpha value is -1.61. The van der Waals surface area contributed by atoms with Crippen LogP contribution in [0, 0.1) is 0 Å². The number of thiophene rings is 1. The third-order valence-electron chi connectivity index (χ3n) is 2.78. The largest absolute Gasteiger partial charge is 0.257 e. The first-order chi connectivity index (χ1) is 7.95. The number of nitrogens with zero attached hydrogens (tertiary/aromatic N) is 2. The SMILES string of the molecule is C1=NN(c2ccsc2)C(c2ccccc2)C1. The van der Waals surface area contributed by atoms with E-state index in [1.807, 2.05) is 12.3 Å². The van der Waals surface area contributed by atoms with E-state index in [1.165, 1.54) is 11.3 Å². The molecule has 0 spiro atoms. The van der Waals surface area contributed by atoms with Crippen molar-refractivity contribution >= 4 is 23.2 Å². The number of hydrazone groups is 1. The van der Waals surface area contributed by atoms with Crippen LogP contribution < -0.4 is 5.01 Å². The number of benzene rings is 1. The first kappa shape index (κ1) is 9.60. The molecule has 0 saturated carbocycles. The van der Waals surface area contributed by atoms with Gasteiger partial charge in [-0.25, -0.2) is 0 Å². The maximum atomic E-state index is 4.45. The summed E-state index contributed by atoms with van der Waals surface area (Å²) in [6, 6.07) is 13.0. The standard InChI is InChI=1S/C13H12N2S/c1-2-4-11(5-3-1)13-6-8-14-15(13)12-7-9-16-10-12/h1-5,7-10,13H,6H2. The van der Waals surface area contributed by atoms with E-state index in [1.54, 1.807) is 11.3 Å². The lowest BCUT2D eigenvalue weighted by Gasteiger charge is -2.22. The van der Waals surface area contributed by atoms with Crippen molar-refractivity contribution in [1.82, 2.24) is 0 Å².